The van der Waals surface area contributed by atoms with E-state index in [-0.39, 0.29) is 0 Å². The highest BCUT2D eigenvalue weighted by atomic mass is 19.4. The first-order chi connectivity index (χ1) is 12.9. The van der Waals surface area contributed by atoms with Gasteiger partial charge in [0.25, 0.3) is 0 Å². The zero-order chi connectivity index (χ0) is 19.0. The summed E-state index contributed by atoms with van der Waals surface area (Å²) < 4.78 is 38.1. The van der Waals surface area contributed by atoms with E-state index in [1.165, 1.54) is 6.07 Å². The van der Waals surface area contributed by atoms with Crippen molar-refractivity contribution in [3.63, 3.8) is 0 Å². The molecule has 3 aromatic heterocycles. The molecule has 0 spiro atoms. The van der Waals surface area contributed by atoms with E-state index in [2.05, 4.69) is 24.8 Å². The fraction of sp³-hybridized carbons (Fsp3) is 0.333. The molecule has 0 bridgehead atoms. The molecule has 4 heterocycles. The van der Waals surface area contributed by atoms with Crippen LogP contribution in [0.4, 0.5) is 24.8 Å². The van der Waals surface area contributed by atoms with Gasteiger partial charge < -0.3 is 9.80 Å². The summed E-state index contributed by atoms with van der Waals surface area (Å²) in [6, 6.07) is 4.39. The molecule has 6 nitrogen and oxygen atoms in total. The van der Waals surface area contributed by atoms with Crippen LogP contribution in [0.2, 0.25) is 0 Å². The quantitative estimate of drug-likeness (QED) is 0.687. The van der Waals surface area contributed by atoms with Gasteiger partial charge in [0.1, 0.15) is 17.5 Å². The Morgan fingerprint density at radius 1 is 0.926 bits per heavy atom. The summed E-state index contributed by atoms with van der Waals surface area (Å²) in [4.78, 5) is 21.2. The SMILES string of the molecule is Cc1nc(N2CCN(c3ccc(C(F)(F)F)cn3)CC2)c2ccncc2n1. The van der Waals surface area contributed by atoms with Crippen LogP contribution in [0.15, 0.2) is 36.8 Å². The van der Waals surface area contributed by atoms with E-state index in [0.717, 1.165) is 29.0 Å². The van der Waals surface area contributed by atoms with Gasteiger partial charge in [0.15, 0.2) is 0 Å². The summed E-state index contributed by atoms with van der Waals surface area (Å²) >= 11 is 0. The number of fused-ring (bicyclic) bond motifs is 1. The Kier molecular flexibility index (Phi) is 4.29. The number of piperazine rings is 1. The maximum absolute atomic E-state index is 12.7. The number of halogens is 3. The first kappa shape index (κ1) is 17.4. The molecule has 140 valence electrons. The van der Waals surface area contributed by atoms with Crippen molar-refractivity contribution in [2.45, 2.75) is 13.1 Å². The molecule has 0 atom stereocenters. The van der Waals surface area contributed by atoms with Crippen molar-refractivity contribution in [3.8, 4) is 0 Å². The minimum absolute atomic E-state index is 0.551. The van der Waals surface area contributed by atoms with Crippen LogP contribution >= 0.6 is 0 Å². The molecular weight excluding hydrogens is 357 g/mol. The summed E-state index contributed by atoms with van der Waals surface area (Å²) in [5.41, 5.74) is 0.0632. The van der Waals surface area contributed by atoms with Crippen LogP contribution in [0.25, 0.3) is 10.9 Å². The van der Waals surface area contributed by atoms with Gasteiger partial charge >= 0.3 is 6.18 Å². The summed E-state index contributed by atoms with van der Waals surface area (Å²) in [5.74, 6) is 2.09. The second-order valence-corrected chi connectivity index (χ2v) is 6.36. The third-order valence-corrected chi connectivity index (χ3v) is 4.57. The van der Waals surface area contributed by atoms with Gasteiger partial charge in [-0.3, -0.25) is 4.98 Å². The van der Waals surface area contributed by atoms with E-state index in [9.17, 15) is 13.2 Å². The molecule has 0 saturated carbocycles. The number of anilines is 2. The van der Waals surface area contributed by atoms with Crippen molar-refractivity contribution in [2.75, 3.05) is 36.0 Å². The van der Waals surface area contributed by atoms with E-state index in [0.29, 0.717) is 37.8 Å². The van der Waals surface area contributed by atoms with Gasteiger partial charge in [-0.1, -0.05) is 0 Å². The molecule has 9 heteroatoms. The molecule has 3 aromatic rings. The number of alkyl halides is 3. The van der Waals surface area contributed by atoms with Crippen LogP contribution < -0.4 is 9.80 Å². The van der Waals surface area contributed by atoms with Gasteiger partial charge in [0, 0.05) is 44.0 Å². The fourth-order valence-corrected chi connectivity index (χ4v) is 3.21. The molecule has 1 aliphatic heterocycles. The number of aromatic nitrogens is 4. The van der Waals surface area contributed by atoms with E-state index in [1.54, 1.807) is 12.4 Å². The fourth-order valence-electron chi connectivity index (χ4n) is 3.21. The number of nitrogens with zero attached hydrogens (tertiary/aromatic N) is 6. The summed E-state index contributed by atoms with van der Waals surface area (Å²) in [6.45, 7) is 4.52. The largest absolute Gasteiger partial charge is 0.417 e. The van der Waals surface area contributed by atoms with Crippen LogP contribution in [-0.4, -0.2) is 46.1 Å². The Balaban J connectivity index is 1.51. The standard InChI is InChI=1S/C18H17F3N6/c1-12-24-15-11-22-5-4-14(15)17(25-12)27-8-6-26(7-9-27)16-3-2-13(10-23-16)18(19,20)21/h2-5,10-11H,6-9H2,1H3. The van der Waals surface area contributed by atoms with Crippen LogP contribution in [0, 0.1) is 6.92 Å². The maximum Gasteiger partial charge on any atom is 0.417 e. The molecule has 27 heavy (non-hydrogen) atoms. The Morgan fingerprint density at radius 2 is 1.67 bits per heavy atom. The molecule has 1 aliphatic rings. The van der Waals surface area contributed by atoms with Crippen molar-refractivity contribution in [2.24, 2.45) is 0 Å². The summed E-state index contributed by atoms with van der Waals surface area (Å²) in [5, 5.41) is 0.941. The highest BCUT2D eigenvalue weighted by Crippen LogP contribution is 2.30. The van der Waals surface area contributed by atoms with Crippen molar-refractivity contribution < 1.29 is 13.2 Å². The van der Waals surface area contributed by atoms with E-state index >= 15 is 0 Å². The van der Waals surface area contributed by atoms with Gasteiger partial charge in [-0.05, 0) is 25.1 Å². The number of hydrogen-bond donors (Lipinski definition) is 0. The number of rotatable bonds is 2. The molecule has 1 fully saturated rings. The third kappa shape index (κ3) is 3.49. The lowest BCUT2D eigenvalue weighted by Crippen LogP contribution is -2.47. The maximum atomic E-state index is 12.7. The first-order valence-corrected chi connectivity index (χ1v) is 8.53. The first-order valence-electron chi connectivity index (χ1n) is 8.53. The molecule has 0 radical (unpaired) electrons. The smallest absolute Gasteiger partial charge is 0.353 e. The molecule has 1 saturated heterocycles. The van der Waals surface area contributed by atoms with Gasteiger partial charge in [0.05, 0.1) is 17.3 Å². The van der Waals surface area contributed by atoms with Gasteiger partial charge in [-0.2, -0.15) is 13.2 Å². The topological polar surface area (TPSA) is 58.0 Å². The number of hydrogen-bond acceptors (Lipinski definition) is 6. The molecule has 0 N–H and O–H groups in total. The zero-order valence-corrected chi connectivity index (χ0v) is 14.6. The predicted octanol–water partition coefficient (Wildman–Crippen LogP) is 3.07. The van der Waals surface area contributed by atoms with Crippen molar-refractivity contribution in [1.82, 2.24) is 19.9 Å². The minimum Gasteiger partial charge on any atom is -0.353 e. The summed E-state index contributed by atoms with van der Waals surface area (Å²) in [7, 11) is 0. The van der Waals surface area contributed by atoms with Gasteiger partial charge in [-0.15, -0.1) is 0 Å². The average Bonchev–Trinajstić information content (AvgIpc) is 2.67. The molecule has 4 rings (SSSR count). The lowest BCUT2D eigenvalue weighted by Gasteiger charge is -2.36. The lowest BCUT2D eigenvalue weighted by molar-refractivity contribution is -0.137. The van der Waals surface area contributed by atoms with Crippen LogP contribution in [-0.2, 0) is 6.18 Å². The van der Waals surface area contributed by atoms with Crippen LogP contribution in [0.1, 0.15) is 11.4 Å². The Morgan fingerprint density at radius 3 is 2.33 bits per heavy atom. The third-order valence-electron chi connectivity index (χ3n) is 4.57. The minimum atomic E-state index is -4.37. The Labute approximate surface area is 153 Å². The molecule has 0 aliphatic carbocycles. The molecular formula is C18H17F3N6. The zero-order valence-electron chi connectivity index (χ0n) is 14.6. The monoisotopic (exact) mass is 374 g/mol. The van der Waals surface area contributed by atoms with Crippen molar-refractivity contribution in [1.29, 1.82) is 0 Å². The Bertz CT molecular complexity index is 949. The number of aryl methyl sites for hydroxylation is 1. The number of pyridine rings is 2. The van der Waals surface area contributed by atoms with Crippen molar-refractivity contribution in [3.05, 3.63) is 48.2 Å². The van der Waals surface area contributed by atoms with E-state index in [1.807, 2.05) is 17.9 Å². The highest BCUT2D eigenvalue weighted by Gasteiger charge is 2.31. The lowest BCUT2D eigenvalue weighted by atomic mass is 10.2. The molecule has 0 unspecified atom stereocenters. The van der Waals surface area contributed by atoms with Crippen LogP contribution in [0.3, 0.4) is 0 Å². The van der Waals surface area contributed by atoms with Crippen molar-refractivity contribution >= 4 is 22.5 Å². The van der Waals surface area contributed by atoms with Gasteiger partial charge in [0.2, 0.25) is 0 Å². The second-order valence-electron chi connectivity index (χ2n) is 6.36. The van der Waals surface area contributed by atoms with Gasteiger partial charge in [-0.25, -0.2) is 15.0 Å². The molecule has 0 aromatic carbocycles. The average molecular weight is 374 g/mol. The molecule has 0 amide bonds. The predicted molar refractivity (Wildman–Crippen MR) is 95.7 cm³/mol. The van der Waals surface area contributed by atoms with Crippen LogP contribution in [0.5, 0.6) is 0 Å². The Hall–Kier alpha value is -2.97. The second kappa shape index (κ2) is 6.64. The normalized spacial score (nSPS) is 15.4. The highest BCUT2D eigenvalue weighted by molar-refractivity contribution is 5.88. The summed E-state index contributed by atoms with van der Waals surface area (Å²) in [6.07, 6.45) is -0.0518. The van der Waals surface area contributed by atoms with E-state index in [4.69, 9.17) is 0 Å². The van der Waals surface area contributed by atoms with E-state index < -0.39 is 11.7 Å².